The molecule has 33 heavy (non-hydrogen) atoms. The number of carbonyl (C=O) groups excluding carboxylic acids is 1. The number of aromatic nitrogens is 1. The van der Waals surface area contributed by atoms with Gasteiger partial charge >= 0.3 is 5.97 Å². The highest BCUT2D eigenvalue weighted by molar-refractivity contribution is 5.98. The van der Waals surface area contributed by atoms with Gasteiger partial charge in [0.1, 0.15) is 5.54 Å². The summed E-state index contributed by atoms with van der Waals surface area (Å²) in [5, 5.41) is 12.7. The lowest BCUT2D eigenvalue weighted by molar-refractivity contribution is -0.144. The molecule has 7 nitrogen and oxygen atoms in total. The van der Waals surface area contributed by atoms with Crippen molar-refractivity contribution in [1.82, 2.24) is 10.3 Å². The number of aryl methyl sites for hydroxylation is 1. The van der Waals surface area contributed by atoms with Crippen molar-refractivity contribution >= 4 is 11.9 Å². The van der Waals surface area contributed by atoms with E-state index >= 15 is 0 Å². The number of hydrogen-bond donors (Lipinski definition) is 2. The van der Waals surface area contributed by atoms with Crippen molar-refractivity contribution in [1.29, 1.82) is 0 Å². The molecule has 0 unspecified atom stereocenters. The molecule has 2 aromatic carbocycles. The topological polar surface area (TPSA) is 97.8 Å². The maximum Gasteiger partial charge on any atom is 0.330 e. The third kappa shape index (κ3) is 4.67. The zero-order valence-electron chi connectivity index (χ0n) is 18.6. The molecule has 0 aliphatic heterocycles. The maximum atomic E-state index is 13.0. The van der Waals surface area contributed by atoms with Gasteiger partial charge in [0.15, 0.2) is 5.75 Å². The van der Waals surface area contributed by atoms with Gasteiger partial charge in [0.2, 0.25) is 0 Å². The van der Waals surface area contributed by atoms with E-state index in [1.807, 2.05) is 55.5 Å². The molecule has 0 atom stereocenters. The van der Waals surface area contributed by atoms with E-state index in [0.717, 1.165) is 11.1 Å². The fraction of sp³-hybridized carbons (Fsp3) is 0.269. The monoisotopic (exact) mass is 446 g/mol. The van der Waals surface area contributed by atoms with E-state index in [-0.39, 0.29) is 24.3 Å². The van der Waals surface area contributed by atoms with Gasteiger partial charge < -0.3 is 19.9 Å². The van der Waals surface area contributed by atoms with Gasteiger partial charge in [-0.1, -0.05) is 48.5 Å². The number of carbonyl (C=O) groups is 2. The quantitative estimate of drug-likeness (QED) is 0.551. The van der Waals surface area contributed by atoms with E-state index in [1.54, 1.807) is 0 Å². The van der Waals surface area contributed by atoms with Crippen molar-refractivity contribution in [3.63, 3.8) is 0 Å². The van der Waals surface area contributed by atoms with Gasteiger partial charge in [-0.3, -0.25) is 4.79 Å². The second kappa shape index (κ2) is 9.32. The van der Waals surface area contributed by atoms with Crippen molar-refractivity contribution in [2.75, 3.05) is 13.7 Å². The van der Waals surface area contributed by atoms with E-state index in [9.17, 15) is 14.7 Å². The molecule has 1 aromatic heterocycles. The van der Waals surface area contributed by atoms with Gasteiger partial charge in [-0.2, -0.15) is 0 Å². The number of hydrogen-bond acceptors (Lipinski definition) is 5. The largest absolute Gasteiger partial charge is 0.488 e. The zero-order valence-corrected chi connectivity index (χ0v) is 18.6. The first-order valence-corrected chi connectivity index (χ1v) is 10.8. The highest BCUT2D eigenvalue weighted by atomic mass is 16.5. The molecule has 2 N–H and O–H groups in total. The lowest BCUT2D eigenvalue weighted by Crippen LogP contribution is -2.55. The third-order valence-corrected chi connectivity index (χ3v) is 6.03. The summed E-state index contributed by atoms with van der Waals surface area (Å²) in [6, 6.07) is 17.1. The van der Waals surface area contributed by atoms with E-state index in [4.69, 9.17) is 9.47 Å². The molecule has 1 amide bonds. The van der Waals surface area contributed by atoms with Crippen molar-refractivity contribution in [2.45, 2.75) is 31.7 Å². The van der Waals surface area contributed by atoms with Gasteiger partial charge in [-0.05, 0) is 29.2 Å². The lowest BCUT2D eigenvalue weighted by Gasteiger charge is -2.25. The molecule has 3 aromatic rings. The number of carboxylic acids is 1. The summed E-state index contributed by atoms with van der Waals surface area (Å²) in [6.07, 6.45) is 2.51. The second-order valence-corrected chi connectivity index (χ2v) is 8.22. The number of methoxy groups -OCH3 is 1. The average Bonchev–Trinajstić information content (AvgIpc) is 3.19. The fourth-order valence-electron chi connectivity index (χ4n) is 4.17. The molecular formula is C26H26N2O5. The van der Waals surface area contributed by atoms with Gasteiger partial charge in [0, 0.05) is 31.5 Å². The molecule has 1 aliphatic carbocycles. The van der Waals surface area contributed by atoms with Crippen LogP contribution in [0.4, 0.5) is 0 Å². The van der Waals surface area contributed by atoms with Gasteiger partial charge in [-0.25, -0.2) is 9.78 Å². The summed E-state index contributed by atoms with van der Waals surface area (Å²) in [7, 11) is 1.48. The molecule has 4 rings (SSSR count). The van der Waals surface area contributed by atoms with Crippen molar-refractivity contribution in [3.8, 4) is 11.6 Å². The number of pyridine rings is 1. The Bertz CT molecular complexity index is 1170. The number of fused-ring (bicyclic) bond motifs is 1. The first-order valence-electron chi connectivity index (χ1n) is 10.8. The Morgan fingerprint density at radius 1 is 1.09 bits per heavy atom. The maximum absolute atomic E-state index is 13.0. The van der Waals surface area contributed by atoms with Crippen LogP contribution in [-0.2, 0) is 24.1 Å². The van der Waals surface area contributed by atoms with Crippen molar-refractivity contribution < 1.29 is 24.2 Å². The number of carboxylic acid groups (broad SMARTS) is 1. The Hall–Kier alpha value is -3.87. The molecule has 0 fully saturated rings. The number of benzene rings is 2. The third-order valence-electron chi connectivity index (χ3n) is 6.03. The van der Waals surface area contributed by atoms with E-state index in [1.165, 1.54) is 30.5 Å². The van der Waals surface area contributed by atoms with Crippen LogP contribution in [-0.4, -0.2) is 41.2 Å². The van der Waals surface area contributed by atoms with Crippen LogP contribution in [0.5, 0.6) is 11.6 Å². The highest BCUT2D eigenvalue weighted by Gasteiger charge is 2.45. The van der Waals surface area contributed by atoms with E-state index < -0.39 is 17.4 Å². The minimum Gasteiger partial charge on any atom is -0.488 e. The number of aliphatic carboxylic acids is 1. The van der Waals surface area contributed by atoms with Crippen molar-refractivity contribution in [3.05, 3.63) is 88.6 Å². The lowest BCUT2D eigenvalue weighted by atomic mass is 9.95. The first kappa shape index (κ1) is 22.3. The molecule has 7 heteroatoms. The normalized spacial score (nSPS) is 13.8. The summed E-state index contributed by atoms with van der Waals surface area (Å²) in [4.78, 5) is 29.4. The van der Waals surface area contributed by atoms with Gasteiger partial charge in [-0.15, -0.1) is 0 Å². The Morgan fingerprint density at radius 2 is 1.76 bits per heavy atom. The summed E-state index contributed by atoms with van der Waals surface area (Å²) in [5.41, 5.74) is 3.00. The zero-order chi connectivity index (χ0) is 23.4. The highest BCUT2D eigenvalue weighted by Crippen LogP contribution is 2.31. The summed E-state index contributed by atoms with van der Waals surface area (Å²) >= 11 is 0. The number of nitrogens with one attached hydrogen (secondary N) is 1. The van der Waals surface area contributed by atoms with E-state index in [2.05, 4.69) is 10.3 Å². The van der Waals surface area contributed by atoms with Crippen LogP contribution in [0.25, 0.3) is 0 Å². The Morgan fingerprint density at radius 3 is 2.39 bits per heavy atom. The molecule has 1 heterocycles. The predicted octanol–water partition coefficient (Wildman–Crippen LogP) is 3.37. The van der Waals surface area contributed by atoms with E-state index in [0.29, 0.717) is 18.8 Å². The van der Waals surface area contributed by atoms with Crippen LogP contribution in [0.1, 0.15) is 32.6 Å². The molecule has 1 aliphatic rings. The minimum absolute atomic E-state index is 0.207. The Balaban J connectivity index is 1.50. The number of rotatable bonds is 8. The molecule has 0 radical (unpaired) electrons. The predicted molar refractivity (Wildman–Crippen MR) is 123 cm³/mol. The van der Waals surface area contributed by atoms with Crippen LogP contribution in [0, 0.1) is 6.92 Å². The Labute approximate surface area is 192 Å². The van der Waals surface area contributed by atoms with Gasteiger partial charge in [0.25, 0.3) is 11.8 Å². The number of ether oxygens (including phenoxy) is 2. The molecule has 0 bridgehead atoms. The average molecular weight is 447 g/mol. The standard InChI is InChI=1S/C26H26N2O5/c1-17-7-3-4-8-18(17)11-12-33-22-13-21(16-27-24(22)32-2)23(29)28-26(25(30)31)14-19-9-5-6-10-20(19)15-26/h3-10,13,16H,11-12,14-15H2,1-2H3,(H,28,29)(H,30,31). The van der Waals surface area contributed by atoms with Crippen LogP contribution in [0.2, 0.25) is 0 Å². The second-order valence-electron chi connectivity index (χ2n) is 8.22. The molecule has 0 saturated carbocycles. The number of amides is 1. The summed E-state index contributed by atoms with van der Waals surface area (Å²) in [5.74, 6) is -0.997. The smallest absolute Gasteiger partial charge is 0.330 e. The SMILES string of the molecule is COc1ncc(C(=O)NC2(C(=O)O)Cc3ccccc3C2)cc1OCCc1ccccc1C. The fourth-order valence-corrected chi connectivity index (χ4v) is 4.17. The van der Waals surface area contributed by atoms with Crippen molar-refractivity contribution in [2.24, 2.45) is 0 Å². The molecule has 0 spiro atoms. The van der Waals surface area contributed by atoms with Gasteiger partial charge in [0.05, 0.1) is 19.3 Å². The van der Waals surface area contributed by atoms with Crippen LogP contribution in [0.3, 0.4) is 0 Å². The molecular weight excluding hydrogens is 420 g/mol. The molecule has 0 saturated heterocycles. The van der Waals surface area contributed by atoms with Crippen LogP contribution >= 0.6 is 0 Å². The first-order chi connectivity index (χ1) is 15.9. The van der Waals surface area contributed by atoms with Crippen LogP contribution < -0.4 is 14.8 Å². The minimum atomic E-state index is -1.40. The summed E-state index contributed by atoms with van der Waals surface area (Å²) < 4.78 is 11.2. The Kier molecular flexibility index (Phi) is 6.31. The summed E-state index contributed by atoms with van der Waals surface area (Å²) in [6.45, 7) is 2.42. The number of nitrogens with zero attached hydrogens (tertiary/aromatic N) is 1. The molecule has 170 valence electrons. The van der Waals surface area contributed by atoms with Crippen LogP contribution in [0.15, 0.2) is 60.8 Å².